The summed E-state index contributed by atoms with van der Waals surface area (Å²) in [5, 5.41) is 23.2. The molecule has 3 N–H and O–H groups in total. The van der Waals surface area contributed by atoms with E-state index in [1.807, 2.05) is 19.9 Å². The molecule has 15 heavy (non-hydrogen) atoms. The second kappa shape index (κ2) is 4.60. The van der Waals surface area contributed by atoms with Crippen LogP contribution in [-0.2, 0) is 4.79 Å². The van der Waals surface area contributed by atoms with Gasteiger partial charge in [0, 0.05) is 11.5 Å². The second-order valence-corrected chi connectivity index (χ2v) is 4.44. The van der Waals surface area contributed by atoms with Crippen LogP contribution in [0.25, 0.3) is 0 Å². The maximum atomic E-state index is 11.2. The van der Waals surface area contributed by atoms with Crippen LogP contribution in [0.3, 0.4) is 0 Å². The molecule has 0 aliphatic heterocycles. The van der Waals surface area contributed by atoms with Crippen LogP contribution in [0.2, 0.25) is 0 Å². The highest BCUT2D eigenvalue weighted by molar-refractivity contribution is 5.78. The molecule has 1 aliphatic carbocycles. The van der Waals surface area contributed by atoms with Gasteiger partial charge in [-0.1, -0.05) is 13.8 Å². The topological polar surface area (TPSA) is 85.2 Å². The minimum atomic E-state index is -0.294. The van der Waals surface area contributed by atoms with E-state index >= 15 is 0 Å². The summed E-state index contributed by atoms with van der Waals surface area (Å²) in [5.74, 6) is -0.186. The summed E-state index contributed by atoms with van der Waals surface area (Å²) in [4.78, 5) is 11.2. The molecule has 2 unspecified atom stereocenters. The zero-order valence-electron chi connectivity index (χ0n) is 9.08. The first kappa shape index (κ1) is 12.0. The van der Waals surface area contributed by atoms with Gasteiger partial charge in [-0.2, -0.15) is 5.26 Å². The molecule has 84 valence electrons. The molecule has 1 rings (SSSR count). The minimum Gasteiger partial charge on any atom is -0.392 e. The summed E-state index contributed by atoms with van der Waals surface area (Å²) in [6.07, 6.45) is 0.385. The van der Waals surface area contributed by atoms with E-state index in [-0.39, 0.29) is 36.6 Å². The number of hydrogen-bond donors (Lipinski definition) is 3. The van der Waals surface area contributed by atoms with Gasteiger partial charge in [-0.05, 0) is 6.42 Å². The summed E-state index contributed by atoms with van der Waals surface area (Å²) in [5.41, 5.74) is -0.171. The van der Waals surface area contributed by atoms with E-state index in [0.29, 0.717) is 6.42 Å². The van der Waals surface area contributed by atoms with Crippen LogP contribution < -0.4 is 10.6 Å². The third-order valence-corrected chi connectivity index (χ3v) is 3.09. The lowest BCUT2D eigenvalue weighted by molar-refractivity contribution is -0.121. The Morgan fingerprint density at radius 1 is 1.67 bits per heavy atom. The fourth-order valence-electron chi connectivity index (χ4n) is 1.67. The number of nitrogens with zero attached hydrogens (tertiary/aromatic N) is 1. The minimum absolute atomic E-state index is 0.0389. The molecule has 0 heterocycles. The molecule has 0 aromatic carbocycles. The fourth-order valence-corrected chi connectivity index (χ4v) is 1.67. The predicted molar refractivity (Wildman–Crippen MR) is 54.8 cm³/mol. The first-order valence-corrected chi connectivity index (χ1v) is 5.03. The largest absolute Gasteiger partial charge is 0.392 e. The van der Waals surface area contributed by atoms with Crippen molar-refractivity contribution in [3.63, 3.8) is 0 Å². The van der Waals surface area contributed by atoms with Crippen molar-refractivity contribution in [1.82, 2.24) is 10.6 Å². The van der Waals surface area contributed by atoms with Crippen molar-refractivity contribution in [3.05, 3.63) is 0 Å². The summed E-state index contributed by atoms with van der Waals surface area (Å²) >= 11 is 0. The molecule has 5 nitrogen and oxygen atoms in total. The third kappa shape index (κ3) is 2.67. The second-order valence-electron chi connectivity index (χ2n) is 4.44. The van der Waals surface area contributed by atoms with Gasteiger partial charge in [-0.3, -0.25) is 4.79 Å². The number of aliphatic hydroxyl groups excluding tert-OH is 1. The van der Waals surface area contributed by atoms with E-state index in [4.69, 9.17) is 5.26 Å². The lowest BCUT2D eigenvalue weighted by Gasteiger charge is -2.49. The van der Waals surface area contributed by atoms with Crippen molar-refractivity contribution in [2.45, 2.75) is 32.4 Å². The summed E-state index contributed by atoms with van der Waals surface area (Å²) in [6, 6.07) is 2.00. The standard InChI is InChI=1S/C10H17N3O2/c1-10(2)7(5-8(10)14)13-6-9(15)12-4-3-11/h7-8,13-14H,4-6H2,1-2H3,(H,12,15). The molecular weight excluding hydrogens is 194 g/mol. The van der Waals surface area contributed by atoms with Crippen LogP contribution in [0.1, 0.15) is 20.3 Å². The van der Waals surface area contributed by atoms with Gasteiger partial charge in [0.15, 0.2) is 0 Å². The predicted octanol–water partition coefficient (Wildman–Crippen LogP) is -0.625. The molecule has 0 saturated heterocycles. The average molecular weight is 211 g/mol. The van der Waals surface area contributed by atoms with Crippen LogP contribution in [0.15, 0.2) is 0 Å². The van der Waals surface area contributed by atoms with Crippen LogP contribution in [0.5, 0.6) is 0 Å². The molecule has 0 aromatic heterocycles. The highest BCUT2D eigenvalue weighted by Crippen LogP contribution is 2.40. The zero-order valence-corrected chi connectivity index (χ0v) is 9.08. The van der Waals surface area contributed by atoms with Crippen LogP contribution in [0.4, 0.5) is 0 Å². The van der Waals surface area contributed by atoms with Crippen molar-refractivity contribution >= 4 is 5.91 Å². The quantitative estimate of drug-likeness (QED) is 0.541. The monoisotopic (exact) mass is 211 g/mol. The Hall–Kier alpha value is -1.12. The van der Waals surface area contributed by atoms with Crippen LogP contribution in [-0.4, -0.2) is 36.2 Å². The van der Waals surface area contributed by atoms with E-state index in [1.165, 1.54) is 0 Å². The maximum absolute atomic E-state index is 11.2. The van der Waals surface area contributed by atoms with Gasteiger partial charge in [0.2, 0.25) is 5.91 Å². The van der Waals surface area contributed by atoms with Crippen molar-refractivity contribution in [2.24, 2.45) is 5.41 Å². The number of aliphatic hydroxyl groups is 1. The van der Waals surface area contributed by atoms with Crippen molar-refractivity contribution in [2.75, 3.05) is 13.1 Å². The van der Waals surface area contributed by atoms with Crippen LogP contribution >= 0.6 is 0 Å². The number of nitrogens with one attached hydrogen (secondary N) is 2. The first-order chi connectivity index (χ1) is 6.98. The highest BCUT2D eigenvalue weighted by atomic mass is 16.3. The number of hydrogen-bond acceptors (Lipinski definition) is 4. The van der Waals surface area contributed by atoms with E-state index < -0.39 is 0 Å². The lowest BCUT2D eigenvalue weighted by atomic mass is 9.64. The maximum Gasteiger partial charge on any atom is 0.234 e. The molecule has 0 spiro atoms. The van der Waals surface area contributed by atoms with E-state index in [2.05, 4.69) is 10.6 Å². The van der Waals surface area contributed by atoms with Crippen molar-refractivity contribution in [3.8, 4) is 6.07 Å². The molecule has 2 atom stereocenters. The summed E-state index contributed by atoms with van der Waals surface area (Å²) < 4.78 is 0. The van der Waals surface area contributed by atoms with Gasteiger partial charge < -0.3 is 15.7 Å². The number of carbonyl (C=O) groups is 1. The summed E-state index contributed by atoms with van der Waals surface area (Å²) in [7, 11) is 0. The summed E-state index contributed by atoms with van der Waals surface area (Å²) in [6.45, 7) is 4.16. The molecule has 0 aromatic rings. The highest BCUT2D eigenvalue weighted by Gasteiger charge is 2.46. The number of carbonyl (C=O) groups excluding carboxylic acids is 1. The lowest BCUT2D eigenvalue weighted by Crippen LogP contribution is -2.61. The number of rotatable bonds is 4. The fraction of sp³-hybridized carbons (Fsp3) is 0.800. The smallest absolute Gasteiger partial charge is 0.234 e. The van der Waals surface area contributed by atoms with Gasteiger partial charge in [-0.25, -0.2) is 0 Å². The molecule has 1 amide bonds. The molecule has 1 aliphatic rings. The molecular formula is C10H17N3O2. The Morgan fingerprint density at radius 2 is 2.33 bits per heavy atom. The van der Waals surface area contributed by atoms with Gasteiger partial charge in [0.1, 0.15) is 6.54 Å². The molecule has 0 bridgehead atoms. The molecule has 5 heteroatoms. The zero-order chi connectivity index (χ0) is 11.5. The average Bonchev–Trinajstić information content (AvgIpc) is 2.20. The normalized spacial score (nSPS) is 27.6. The van der Waals surface area contributed by atoms with Gasteiger partial charge in [0.25, 0.3) is 0 Å². The van der Waals surface area contributed by atoms with E-state index in [9.17, 15) is 9.90 Å². The molecule has 1 fully saturated rings. The molecule has 0 radical (unpaired) electrons. The Morgan fingerprint density at radius 3 is 2.80 bits per heavy atom. The number of nitriles is 1. The van der Waals surface area contributed by atoms with Gasteiger partial charge in [0.05, 0.1) is 18.7 Å². The van der Waals surface area contributed by atoms with Crippen molar-refractivity contribution < 1.29 is 9.90 Å². The first-order valence-electron chi connectivity index (χ1n) is 5.03. The van der Waals surface area contributed by atoms with Crippen molar-refractivity contribution in [1.29, 1.82) is 5.26 Å². The van der Waals surface area contributed by atoms with Crippen LogP contribution in [0, 0.1) is 16.7 Å². The van der Waals surface area contributed by atoms with E-state index in [1.54, 1.807) is 0 Å². The third-order valence-electron chi connectivity index (χ3n) is 3.09. The van der Waals surface area contributed by atoms with E-state index in [0.717, 1.165) is 0 Å². The SMILES string of the molecule is CC1(C)C(O)CC1NCC(=O)NCC#N. The van der Waals surface area contributed by atoms with Gasteiger partial charge in [-0.15, -0.1) is 0 Å². The Kier molecular flexibility index (Phi) is 3.66. The Balaban J connectivity index is 2.22. The number of amides is 1. The Bertz CT molecular complexity index is 283. The molecule has 1 saturated carbocycles. The van der Waals surface area contributed by atoms with Gasteiger partial charge >= 0.3 is 0 Å². The Labute approximate surface area is 89.5 Å².